The summed E-state index contributed by atoms with van der Waals surface area (Å²) in [4.78, 5) is 4.49. The van der Waals surface area contributed by atoms with Crippen molar-refractivity contribution in [3.8, 4) is 34.6 Å². The van der Waals surface area contributed by atoms with E-state index in [-0.39, 0.29) is 6.01 Å². The summed E-state index contributed by atoms with van der Waals surface area (Å²) in [5.41, 5.74) is 3.01. The van der Waals surface area contributed by atoms with Gasteiger partial charge in [0.15, 0.2) is 5.69 Å². The first-order valence-corrected chi connectivity index (χ1v) is 9.85. The van der Waals surface area contributed by atoms with Gasteiger partial charge in [-0.25, -0.2) is 0 Å². The lowest BCUT2D eigenvalue weighted by Crippen LogP contribution is -2.18. The molecule has 8 nitrogen and oxygen atoms in total. The highest BCUT2D eigenvalue weighted by Gasteiger charge is 2.28. The Morgan fingerprint density at radius 3 is 2.73 bits per heavy atom. The maximum atomic E-state index is 6.27. The van der Waals surface area contributed by atoms with E-state index in [1.165, 1.54) is 0 Å². The first-order chi connectivity index (χ1) is 14.7. The third kappa shape index (κ3) is 3.94. The molecule has 4 rings (SSSR count). The monoisotopic (exact) mass is 408 g/mol. The number of para-hydroxylation sites is 1. The zero-order valence-corrected chi connectivity index (χ0v) is 17.2. The zero-order valence-electron chi connectivity index (χ0n) is 17.2. The van der Waals surface area contributed by atoms with Crippen molar-refractivity contribution >= 4 is 5.69 Å². The first-order valence-electron chi connectivity index (χ1n) is 9.85. The normalized spacial score (nSPS) is 14.4. The molecule has 1 aliphatic rings. The fraction of sp³-hybridized carbons (Fsp3) is 0.318. The van der Waals surface area contributed by atoms with Gasteiger partial charge in [0.2, 0.25) is 12.1 Å². The summed E-state index contributed by atoms with van der Waals surface area (Å²) >= 11 is 0. The van der Waals surface area contributed by atoms with E-state index in [0.717, 1.165) is 29.7 Å². The summed E-state index contributed by atoms with van der Waals surface area (Å²) in [6.07, 6.45) is 1.34. The molecule has 0 saturated carbocycles. The molecule has 3 aromatic rings. The Morgan fingerprint density at radius 1 is 1.07 bits per heavy atom. The fourth-order valence-electron chi connectivity index (χ4n) is 3.20. The predicted molar refractivity (Wildman–Crippen MR) is 112 cm³/mol. The molecule has 1 N–H and O–H groups in total. The molecule has 0 bridgehead atoms. The number of unbranched alkanes of at least 4 members (excludes halogenated alkanes) is 1. The number of rotatable bonds is 7. The van der Waals surface area contributed by atoms with Crippen LogP contribution in [0.5, 0.6) is 23.4 Å². The standard InChI is InChI=1S/C22H24N4O4/c1-4-5-12-29-22-24-21-19(25-26-22)15-8-6-7-9-17(15)23-20(30-21)16-13-14(27-2)10-11-18(16)28-3/h6-11,13,20,23H,4-5,12H2,1-3H3. The van der Waals surface area contributed by atoms with Gasteiger partial charge in [0.1, 0.15) is 11.5 Å². The number of hydrogen-bond acceptors (Lipinski definition) is 8. The van der Waals surface area contributed by atoms with Gasteiger partial charge in [0, 0.05) is 11.3 Å². The Morgan fingerprint density at radius 2 is 1.93 bits per heavy atom. The van der Waals surface area contributed by atoms with Gasteiger partial charge in [-0.05, 0) is 30.7 Å². The Kier molecular flexibility index (Phi) is 5.83. The minimum absolute atomic E-state index is 0.193. The lowest BCUT2D eigenvalue weighted by Gasteiger charge is -2.21. The second-order valence-corrected chi connectivity index (χ2v) is 6.75. The van der Waals surface area contributed by atoms with Gasteiger partial charge in [0.05, 0.1) is 26.4 Å². The highest BCUT2D eigenvalue weighted by molar-refractivity contribution is 5.79. The largest absolute Gasteiger partial charge is 0.497 e. The van der Waals surface area contributed by atoms with Crippen LogP contribution in [-0.4, -0.2) is 36.0 Å². The highest BCUT2D eigenvalue weighted by atomic mass is 16.5. The SMILES string of the molecule is CCCCOc1nnc2c(n1)OC(c1cc(OC)ccc1OC)Nc1ccccc1-2. The quantitative estimate of drug-likeness (QED) is 0.581. The van der Waals surface area contributed by atoms with Crippen molar-refractivity contribution in [3.05, 3.63) is 48.0 Å². The summed E-state index contributed by atoms with van der Waals surface area (Å²) in [5.74, 6) is 1.69. The molecule has 8 heteroatoms. The fourth-order valence-corrected chi connectivity index (χ4v) is 3.20. The van der Waals surface area contributed by atoms with Crippen LogP contribution in [0.4, 0.5) is 5.69 Å². The molecule has 156 valence electrons. The van der Waals surface area contributed by atoms with E-state index in [1.54, 1.807) is 14.2 Å². The van der Waals surface area contributed by atoms with Gasteiger partial charge in [0.25, 0.3) is 0 Å². The van der Waals surface area contributed by atoms with E-state index in [1.807, 2.05) is 42.5 Å². The summed E-state index contributed by atoms with van der Waals surface area (Å²) < 4.78 is 22.9. The number of anilines is 1. The van der Waals surface area contributed by atoms with E-state index in [2.05, 4.69) is 27.4 Å². The van der Waals surface area contributed by atoms with Crippen molar-refractivity contribution in [1.29, 1.82) is 0 Å². The number of hydrogen-bond donors (Lipinski definition) is 1. The summed E-state index contributed by atoms with van der Waals surface area (Å²) in [6, 6.07) is 13.5. The van der Waals surface area contributed by atoms with Gasteiger partial charge in [-0.2, -0.15) is 4.98 Å². The topological polar surface area (TPSA) is 87.6 Å². The molecule has 0 spiro atoms. The van der Waals surface area contributed by atoms with E-state index >= 15 is 0 Å². The third-order valence-corrected chi connectivity index (χ3v) is 4.78. The summed E-state index contributed by atoms with van der Waals surface area (Å²) in [5, 5.41) is 11.9. The van der Waals surface area contributed by atoms with Crippen LogP contribution in [0.2, 0.25) is 0 Å². The Labute approximate surface area is 175 Å². The molecule has 0 fully saturated rings. The molecule has 0 aliphatic carbocycles. The number of fused-ring (bicyclic) bond motifs is 3. The maximum Gasteiger partial charge on any atom is 0.339 e. The molecule has 0 amide bonds. The molecule has 1 unspecified atom stereocenters. The molecular formula is C22H24N4O4. The van der Waals surface area contributed by atoms with E-state index in [9.17, 15) is 0 Å². The van der Waals surface area contributed by atoms with Gasteiger partial charge < -0.3 is 24.3 Å². The molecule has 30 heavy (non-hydrogen) atoms. The predicted octanol–water partition coefficient (Wildman–Crippen LogP) is 4.24. The van der Waals surface area contributed by atoms with Gasteiger partial charge in [-0.1, -0.05) is 36.6 Å². The van der Waals surface area contributed by atoms with Crippen LogP contribution >= 0.6 is 0 Å². The third-order valence-electron chi connectivity index (χ3n) is 4.78. The molecular weight excluding hydrogens is 384 g/mol. The number of nitrogens with zero attached hydrogens (tertiary/aromatic N) is 3. The van der Waals surface area contributed by atoms with Crippen LogP contribution in [0.15, 0.2) is 42.5 Å². The first kappa shape index (κ1) is 19.8. The Bertz CT molecular complexity index is 1030. The number of nitrogens with one attached hydrogen (secondary N) is 1. The van der Waals surface area contributed by atoms with Crippen molar-refractivity contribution < 1.29 is 18.9 Å². The van der Waals surface area contributed by atoms with Crippen molar-refractivity contribution in [2.24, 2.45) is 0 Å². The smallest absolute Gasteiger partial charge is 0.339 e. The number of benzene rings is 2. The van der Waals surface area contributed by atoms with Crippen LogP contribution in [0.1, 0.15) is 31.6 Å². The average Bonchev–Trinajstić information content (AvgIpc) is 2.95. The minimum atomic E-state index is -0.586. The van der Waals surface area contributed by atoms with Gasteiger partial charge in [-0.3, -0.25) is 0 Å². The lowest BCUT2D eigenvalue weighted by atomic mass is 10.1. The van der Waals surface area contributed by atoms with Crippen LogP contribution in [0, 0.1) is 0 Å². The van der Waals surface area contributed by atoms with Crippen molar-refractivity contribution in [3.63, 3.8) is 0 Å². The zero-order chi connectivity index (χ0) is 20.9. The van der Waals surface area contributed by atoms with Crippen LogP contribution < -0.4 is 24.3 Å². The van der Waals surface area contributed by atoms with Crippen molar-refractivity contribution in [2.75, 3.05) is 26.1 Å². The number of aromatic nitrogens is 3. The van der Waals surface area contributed by atoms with Crippen LogP contribution in [-0.2, 0) is 0 Å². The van der Waals surface area contributed by atoms with E-state index < -0.39 is 6.23 Å². The molecule has 2 heterocycles. The molecule has 1 atom stereocenters. The van der Waals surface area contributed by atoms with E-state index in [0.29, 0.717) is 29.7 Å². The number of methoxy groups -OCH3 is 2. The number of ether oxygens (including phenoxy) is 4. The molecule has 1 aromatic heterocycles. The highest BCUT2D eigenvalue weighted by Crippen LogP contribution is 2.41. The van der Waals surface area contributed by atoms with Crippen LogP contribution in [0.25, 0.3) is 11.3 Å². The maximum absolute atomic E-state index is 6.27. The Balaban J connectivity index is 1.78. The van der Waals surface area contributed by atoms with Gasteiger partial charge in [-0.15, -0.1) is 5.10 Å². The lowest BCUT2D eigenvalue weighted by molar-refractivity contribution is 0.212. The van der Waals surface area contributed by atoms with Gasteiger partial charge >= 0.3 is 6.01 Å². The molecule has 0 saturated heterocycles. The van der Waals surface area contributed by atoms with Crippen molar-refractivity contribution in [2.45, 2.75) is 26.0 Å². The van der Waals surface area contributed by atoms with Crippen molar-refractivity contribution in [1.82, 2.24) is 15.2 Å². The molecule has 2 aromatic carbocycles. The van der Waals surface area contributed by atoms with Crippen LogP contribution in [0.3, 0.4) is 0 Å². The summed E-state index contributed by atoms with van der Waals surface area (Å²) in [6.45, 7) is 2.62. The Hall–Kier alpha value is -3.55. The van der Waals surface area contributed by atoms with E-state index in [4.69, 9.17) is 18.9 Å². The second kappa shape index (κ2) is 8.86. The average molecular weight is 408 g/mol. The summed E-state index contributed by atoms with van der Waals surface area (Å²) in [7, 11) is 3.24. The minimum Gasteiger partial charge on any atom is -0.497 e. The molecule has 0 radical (unpaired) electrons. The second-order valence-electron chi connectivity index (χ2n) is 6.75. The molecule has 1 aliphatic heterocycles.